The standard InChI is InChI=1S/C20H25F3N4O2S/c1-29-14-4-2-13(3-5-14)19(28)27-8-6-26(7-9-27)17-16-10-15(11-20(21,22)23)30-18(16)25-12-24-17/h10,12-14H,2-9,11H2,1H3/t13-,14+. The number of halogens is 3. The van der Waals surface area contributed by atoms with Crippen molar-refractivity contribution in [3.63, 3.8) is 0 Å². The van der Waals surface area contributed by atoms with E-state index in [9.17, 15) is 18.0 Å². The summed E-state index contributed by atoms with van der Waals surface area (Å²) in [6, 6.07) is 1.55. The van der Waals surface area contributed by atoms with Gasteiger partial charge in [-0.05, 0) is 31.7 Å². The third-order valence-corrected chi connectivity index (χ3v) is 7.02. The molecule has 1 aliphatic carbocycles. The number of piperazine rings is 1. The molecule has 2 fully saturated rings. The number of alkyl halides is 3. The number of hydrogen-bond donors (Lipinski definition) is 0. The van der Waals surface area contributed by atoms with E-state index >= 15 is 0 Å². The molecule has 3 heterocycles. The Hall–Kier alpha value is -1.94. The quantitative estimate of drug-likeness (QED) is 0.724. The predicted octanol–water partition coefficient (Wildman–Crippen LogP) is 3.65. The molecule has 1 saturated heterocycles. The maximum absolute atomic E-state index is 12.9. The Morgan fingerprint density at radius 2 is 1.87 bits per heavy atom. The van der Waals surface area contributed by atoms with Crippen LogP contribution in [0.5, 0.6) is 0 Å². The Morgan fingerprint density at radius 3 is 2.50 bits per heavy atom. The van der Waals surface area contributed by atoms with Gasteiger partial charge in [0.1, 0.15) is 17.0 Å². The van der Waals surface area contributed by atoms with Crippen LogP contribution in [0, 0.1) is 5.92 Å². The van der Waals surface area contributed by atoms with Crippen LogP contribution in [0.1, 0.15) is 30.6 Å². The molecule has 2 aromatic heterocycles. The van der Waals surface area contributed by atoms with Gasteiger partial charge in [-0.3, -0.25) is 4.79 Å². The van der Waals surface area contributed by atoms with Gasteiger partial charge in [-0.2, -0.15) is 13.2 Å². The third-order valence-electron chi connectivity index (χ3n) is 5.98. The van der Waals surface area contributed by atoms with Crippen molar-refractivity contribution in [2.24, 2.45) is 5.92 Å². The van der Waals surface area contributed by atoms with Gasteiger partial charge in [-0.15, -0.1) is 11.3 Å². The SMILES string of the molecule is CO[C@H]1CC[C@@H](C(=O)N2CCN(c3ncnc4sc(CC(F)(F)F)cc34)CC2)CC1. The topological polar surface area (TPSA) is 58.6 Å². The van der Waals surface area contributed by atoms with Gasteiger partial charge in [-0.25, -0.2) is 9.97 Å². The molecule has 0 unspecified atom stereocenters. The highest BCUT2D eigenvalue weighted by Crippen LogP contribution is 2.34. The van der Waals surface area contributed by atoms with Crippen LogP contribution in [-0.4, -0.2) is 66.3 Å². The third kappa shape index (κ3) is 4.69. The Balaban J connectivity index is 1.40. The zero-order chi connectivity index (χ0) is 21.3. The summed E-state index contributed by atoms with van der Waals surface area (Å²) in [5.74, 6) is 0.924. The average molecular weight is 443 g/mol. The molecule has 2 aromatic rings. The van der Waals surface area contributed by atoms with Gasteiger partial charge < -0.3 is 14.5 Å². The van der Waals surface area contributed by atoms with E-state index in [0.717, 1.165) is 37.0 Å². The fourth-order valence-corrected chi connectivity index (χ4v) is 5.39. The van der Waals surface area contributed by atoms with Crippen molar-refractivity contribution in [1.82, 2.24) is 14.9 Å². The Bertz CT molecular complexity index is 888. The fraction of sp³-hybridized carbons (Fsp3) is 0.650. The number of carbonyl (C=O) groups is 1. The number of fused-ring (bicyclic) bond motifs is 1. The van der Waals surface area contributed by atoms with Gasteiger partial charge in [0.2, 0.25) is 5.91 Å². The average Bonchev–Trinajstić information content (AvgIpc) is 3.14. The summed E-state index contributed by atoms with van der Waals surface area (Å²) >= 11 is 1.06. The van der Waals surface area contributed by atoms with E-state index in [1.54, 1.807) is 13.2 Å². The van der Waals surface area contributed by atoms with Crippen LogP contribution in [-0.2, 0) is 16.0 Å². The first-order valence-electron chi connectivity index (χ1n) is 10.2. The van der Waals surface area contributed by atoms with Gasteiger partial charge in [0.05, 0.1) is 17.9 Å². The highest BCUT2D eigenvalue weighted by atomic mass is 32.1. The van der Waals surface area contributed by atoms with Crippen molar-refractivity contribution in [2.75, 3.05) is 38.2 Å². The van der Waals surface area contributed by atoms with E-state index < -0.39 is 12.6 Å². The Kier molecular flexibility index (Phi) is 6.15. The summed E-state index contributed by atoms with van der Waals surface area (Å²) in [6.07, 6.45) is 0.0244. The summed E-state index contributed by atoms with van der Waals surface area (Å²) in [6.45, 7) is 2.40. The summed E-state index contributed by atoms with van der Waals surface area (Å²) < 4.78 is 43.7. The van der Waals surface area contributed by atoms with E-state index in [4.69, 9.17) is 4.74 Å². The molecule has 2 aliphatic rings. The highest BCUT2D eigenvalue weighted by Gasteiger charge is 2.32. The van der Waals surface area contributed by atoms with E-state index in [-0.39, 0.29) is 22.8 Å². The Morgan fingerprint density at radius 1 is 1.17 bits per heavy atom. The molecule has 1 amide bonds. The lowest BCUT2D eigenvalue weighted by molar-refractivity contribution is -0.137. The molecule has 30 heavy (non-hydrogen) atoms. The van der Waals surface area contributed by atoms with Crippen molar-refractivity contribution in [3.8, 4) is 0 Å². The van der Waals surface area contributed by atoms with E-state index in [2.05, 4.69) is 9.97 Å². The molecule has 0 aromatic carbocycles. The molecule has 4 rings (SSSR count). The van der Waals surface area contributed by atoms with Crippen molar-refractivity contribution in [2.45, 2.75) is 44.4 Å². The minimum atomic E-state index is -4.25. The number of anilines is 1. The van der Waals surface area contributed by atoms with Gasteiger partial charge in [-0.1, -0.05) is 0 Å². The molecular formula is C20H25F3N4O2S. The minimum absolute atomic E-state index is 0.0653. The fourth-order valence-electron chi connectivity index (χ4n) is 4.37. The molecule has 0 N–H and O–H groups in total. The monoisotopic (exact) mass is 442 g/mol. The Labute approximate surface area is 177 Å². The lowest BCUT2D eigenvalue weighted by Crippen LogP contribution is -2.51. The number of hydrogen-bond acceptors (Lipinski definition) is 6. The highest BCUT2D eigenvalue weighted by molar-refractivity contribution is 7.18. The first-order valence-corrected chi connectivity index (χ1v) is 11.0. The summed E-state index contributed by atoms with van der Waals surface area (Å²) in [5.41, 5.74) is 0. The second kappa shape index (κ2) is 8.66. The molecule has 0 atom stereocenters. The molecule has 1 saturated carbocycles. The van der Waals surface area contributed by atoms with Crippen molar-refractivity contribution < 1.29 is 22.7 Å². The van der Waals surface area contributed by atoms with Crippen LogP contribution in [0.3, 0.4) is 0 Å². The first kappa shape index (κ1) is 21.3. The number of ether oxygens (including phenoxy) is 1. The molecule has 10 heteroatoms. The predicted molar refractivity (Wildman–Crippen MR) is 109 cm³/mol. The molecule has 0 spiro atoms. The van der Waals surface area contributed by atoms with Crippen molar-refractivity contribution in [1.29, 1.82) is 0 Å². The number of rotatable bonds is 4. The molecule has 164 valence electrons. The van der Waals surface area contributed by atoms with Crippen molar-refractivity contribution in [3.05, 3.63) is 17.3 Å². The number of aromatic nitrogens is 2. The molecule has 0 bridgehead atoms. The zero-order valence-corrected chi connectivity index (χ0v) is 17.6. The van der Waals surface area contributed by atoms with E-state index in [0.29, 0.717) is 42.2 Å². The second-order valence-electron chi connectivity index (χ2n) is 7.94. The molecule has 0 radical (unpaired) electrons. The first-order chi connectivity index (χ1) is 14.3. The number of carbonyl (C=O) groups excluding carboxylic acids is 1. The second-order valence-corrected chi connectivity index (χ2v) is 9.06. The lowest BCUT2D eigenvalue weighted by Gasteiger charge is -2.38. The van der Waals surface area contributed by atoms with Crippen molar-refractivity contribution >= 4 is 33.3 Å². The maximum Gasteiger partial charge on any atom is 0.393 e. The number of thiophene rings is 1. The van der Waals surface area contributed by atoms with E-state index in [1.165, 1.54) is 6.33 Å². The normalized spacial score (nSPS) is 23.2. The number of methoxy groups -OCH3 is 1. The summed E-state index contributed by atoms with van der Waals surface area (Å²) in [5, 5.41) is 0.652. The lowest BCUT2D eigenvalue weighted by atomic mass is 9.86. The van der Waals surface area contributed by atoms with Gasteiger partial charge in [0, 0.05) is 44.1 Å². The minimum Gasteiger partial charge on any atom is -0.381 e. The molecular weight excluding hydrogens is 417 g/mol. The van der Waals surface area contributed by atoms with Crippen LogP contribution in [0.25, 0.3) is 10.2 Å². The van der Waals surface area contributed by atoms with Crippen LogP contribution >= 0.6 is 11.3 Å². The number of nitrogens with zero attached hydrogens (tertiary/aromatic N) is 4. The van der Waals surface area contributed by atoms with Gasteiger partial charge in [0.25, 0.3) is 0 Å². The van der Waals surface area contributed by atoms with Crippen LogP contribution in [0.2, 0.25) is 0 Å². The maximum atomic E-state index is 12.9. The molecule has 1 aliphatic heterocycles. The van der Waals surface area contributed by atoms with Gasteiger partial charge >= 0.3 is 6.18 Å². The summed E-state index contributed by atoms with van der Waals surface area (Å²) in [7, 11) is 1.72. The summed E-state index contributed by atoms with van der Waals surface area (Å²) in [4.78, 5) is 26.1. The molecule has 6 nitrogen and oxygen atoms in total. The van der Waals surface area contributed by atoms with Crippen LogP contribution in [0.15, 0.2) is 12.4 Å². The van der Waals surface area contributed by atoms with Crippen LogP contribution < -0.4 is 4.90 Å². The van der Waals surface area contributed by atoms with E-state index in [1.807, 2.05) is 9.80 Å². The zero-order valence-electron chi connectivity index (χ0n) is 16.8. The largest absolute Gasteiger partial charge is 0.393 e. The van der Waals surface area contributed by atoms with Gasteiger partial charge in [0.15, 0.2) is 0 Å². The number of amides is 1. The smallest absolute Gasteiger partial charge is 0.381 e. The van der Waals surface area contributed by atoms with Crippen LogP contribution in [0.4, 0.5) is 19.0 Å².